The topological polar surface area (TPSA) is 35.2 Å². The molecule has 3 saturated carbocycles. The number of hydrogen-bond acceptors (Lipinski definition) is 2. The summed E-state index contributed by atoms with van der Waals surface area (Å²) in [4.78, 5) is 0. The Morgan fingerprint density at radius 1 is 1.18 bits per heavy atom. The second kappa shape index (κ2) is 1.56. The van der Waals surface area contributed by atoms with Crippen molar-refractivity contribution < 1.29 is 17.9 Å². The van der Waals surface area contributed by atoms with Crippen molar-refractivity contribution in [3.05, 3.63) is 0 Å². The van der Waals surface area contributed by atoms with E-state index in [4.69, 9.17) is 5.73 Å². The zero-order chi connectivity index (χ0) is 8.33. The van der Waals surface area contributed by atoms with Crippen LogP contribution in [0, 0.1) is 0 Å². The summed E-state index contributed by atoms with van der Waals surface area (Å²) in [5, 5.41) is 0. The summed E-state index contributed by atoms with van der Waals surface area (Å²) in [5.74, 6) is 0. The molecule has 2 bridgehead atoms. The molecule has 0 amide bonds. The molecule has 0 saturated heterocycles. The molecule has 64 valence electrons. The molecule has 0 radical (unpaired) electrons. The highest BCUT2D eigenvalue weighted by Crippen LogP contribution is 2.62. The first kappa shape index (κ1) is 7.36. The van der Waals surface area contributed by atoms with E-state index in [0.717, 1.165) is 0 Å². The summed E-state index contributed by atoms with van der Waals surface area (Å²) < 4.78 is 38.9. The third kappa shape index (κ3) is 1.03. The number of rotatable bonds is 1. The van der Waals surface area contributed by atoms with Crippen molar-refractivity contribution in [3.8, 4) is 0 Å². The smallest absolute Gasteiger partial charge is 0.325 e. The van der Waals surface area contributed by atoms with E-state index in [9.17, 15) is 13.2 Å². The van der Waals surface area contributed by atoms with Crippen LogP contribution in [0.3, 0.4) is 0 Å². The largest absolute Gasteiger partial charge is 0.523 e. The molecule has 3 aliphatic rings. The van der Waals surface area contributed by atoms with E-state index in [1.807, 2.05) is 0 Å². The van der Waals surface area contributed by atoms with Crippen LogP contribution in [0.25, 0.3) is 0 Å². The van der Waals surface area contributed by atoms with Crippen LogP contribution in [0.4, 0.5) is 13.2 Å². The average Bonchev–Trinajstić information content (AvgIpc) is 1.53. The Bertz CT molecular complexity index is 181. The van der Waals surface area contributed by atoms with Gasteiger partial charge in [0, 0.05) is 5.54 Å². The molecule has 0 aromatic carbocycles. The molecule has 5 heteroatoms. The fourth-order valence-electron chi connectivity index (χ4n) is 2.12. The molecule has 0 atom stereocenters. The lowest BCUT2D eigenvalue weighted by Gasteiger charge is -2.67. The van der Waals surface area contributed by atoms with E-state index >= 15 is 0 Å². The molecular formula is C6H8F3NO. The van der Waals surface area contributed by atoms with Crippen LogP contribution >= 0.6 is 0 Å². The molecule has 0 aliphatic heterocycles. The Labute approximate surface area is 61.5 Å². The molecular weight excluding hydrogens is 159 g/mol. The predicted octanol–water partition coefficient (Wildman–Crippen LogP) is 1.16. The van der Waals surface area contributed by atoms with Gasteiger partial charge in [-0.1, -0.05) is 0 Å². The molecule has 3 aliphatic carbocycles. The minimum absolute atomic E-state index is 0.328. The van der Waals surface area contributed by atoms with E-state index in [1.54, 1.807) is 0 Å². The van der Waals surface area contributed by atoms with Crippen LogP contribution in [-0.2, 0) is 4.74 Å². The minimum Gasteiger partial charge on any atom is -0.325 e. The first-order chi connectivity index (χ1) is 4.83. The van der Waals surface area contributed by atoms with Gasteiger partial charge in [-0.25, -0.2) is 0 Å². The maximum atomic E-state index is 11.7. The average molecular weight is 167 g/mol. The van der Waals surface area contributed by atoms with Gasteiger partial charge in [-0.05, 0) is 19.3 Å². The van der Waals surface area contributed by atoms with E-state index in [1.165, 1.54) is 0 Å². The molecule has 0 spiro atoms. The molecule has 0 heterocycles. The van der Waals surface area contributed by atoms with Gasteiger partial charge in [-0.2, -0.15) is 0 Å². The molecule has 11 heavy (non-hydrogen) atoms. The molecule has 0 aromatic rings. The van der Waals surface area contributed by atoms with Gasteiger partial charge in [-0.15, -0.1) is 13.2 Å². The van der Waals surface area contributed by atoms with Gasteiger partial charge in [0.05, 0.1) is 5.60 Å². The maximum Gasteiger partial charge on any atom is 0.523 e. The SMILES string of the molecule is NC12CC(OC(F)(F)F)(C1)C2. The number of hydrogen-bond donors (Lipinski definition) is 1. The third-order valence-electron chi connectivity index (χ3n) is 2.35. The lowest BCUT2D eigenvalue weighted by molar-refractivity contribution is -0.416. The van der Waals surface area contributed by atoms with Crippen molar-refractivity contribution in [1.29, 1.82) is 0 Å². The summed E-state index contributed by atoms with van der Waals surface area (Å²) in [6.45, 7) is 0. The van der Waals surface area contributed by atoms with Crippen LogP contribution in [0.1, 0.15) is 19.3 Å². The number of nitrogens with two attached hydrogens (primary N) is 1. The Morgan fingerprint density at radius 2 is 1.64 bits per heavy atom. The van der Waals surface area contributed by atoms with Gasteiger partial charge in [0.25, 0.3) is 0 Å². The zero-order valence-corrected chi connectivity index (χ0v) is 5.74. The molecule has 3 rings (SSSR count). The Hall–Kier alpha value is -0.290. The summed E-state index contributed by atoms with van der Waals surface area (Å²) in [6.07, 6.45) is -3.42. The van der Waals surface area contributed by atoms with Crippen molar-refractivity contribution in [3.63, 3.8) is 0 Å². The highest BCUT2D eigenvalue weighted by molar-refractivity contribution is 5.24. The Balaban J connectivity index is 1.91. The van der Waals surface area contributed by atoms with E-state index in [0.29, 0.717) is 19.3 Å². The second-order valence-electron chi connectivity index (χ2n) is 3.62. The number of ether oxygens (including phenoxy) is 1. The highest BCUT2D eigenvalue weighted by Gasteiger charge is 2.70. The molecule has 3 fully saturated rings. The Kier molecular flexibility index (Phi) is 1.05. The van der Waals surface area contributed by atoms with Crippen LogP contribution < -0.4 is 5.73 Å². The summed E-state index contributed by atoms with van der Waals surface area (Å²) in [7, 11) is 0. The first-order valence-electron chi connectivity index (χ1n) is 3.39. The summed E-state index contributed by atoms with van der Waals surface area (Å²) >= 11 is 0. The summed E-state index contributed by atoms with van der Waals surface area (Å²) in [5.41, 5.74) is 4.28. The van der Waals surface area contributed by atoms with Crippen molar-refractivity contribution in [1.82, 2.24) is 0 Å². The fraction of sp³-hybridized carbons (Fsp3) is 1.00. The number of alkyl halides is 3. The van der Waals surface area contributed by atoms with Crippen molar-refractivity contribution in [2.75, 3.05) is 0 Å². The lowest BCUT2D eigenvalue weighted by Crippen LogP contribution is -2.78. The van der Waals surface area contributed by atoms with Gasteiger partial charge in [0.2, 0.25) is 0 Å². The lowest BCUT2D eigenvalue weighted by atomic mass is 9.47. The number of halogens is 3. The normalized spacial score (nSPS) is 48.0. The highest BCUT2D eigenvalue weighted by atomic mass is 19.4. The fourth-order valence-corrected chi connectivity index (χ4v) is 2.12. The first-order valence-corrected chi connectivity index (χ1v) is 3.39. The molecule has 0 aromatic heterocycles. The van der Waals surface area contributed by atoms with Gasteiger partial charge in [0.1, 0.15) is 0 Å². The zero-order valence-electron chi connectivity index (χ0n) is 5.74. The Morgan fingerprint density at radius 3 is 1.91 bits per heavy atom. The van der Waals surface area contributed by atoms with Gasteiger partial charge < -0.3 is 5.73 Å². The predicted molar refractivity (Wildman–Crippen MR) is 30.6 cm³/mol. The van der Waals surface area contributed by atoms with Crippen LogP contribution in [0.15, 0.2) is 0 Å². The second-order valence-corrected chi connectivity index (χ2v) is 3.62. The molecule has 2 N–H and O–H groups in total. The van der Waals surface area contributed by atoms with E-state index in [-0.39, 0.29) is 5.54 Å². The summed E-state index contributed by atoms with van der Waals surface area (Å²) in [6, 6.07) is 0. The van der Waals surface area contributed by atoms with Crippen molar-refractivity contribution in [2.45, 2.75) is 36.8 Å². The van der Waals surface area contributed by atoms with Crippen molar-refractivity contribution >= 4 is 0 Å². The van der Waals surface area contributed by atoms with E-state index < -0.39 is 12.0 Å². The van der Waals surface area contributed by atoms with Gasteiger partial charge in [0.15, 0.2) is 0 Å². The van der Waals surface area contributed by atoms with Crippen LogP contribution in [0.5, 0.6) is 0 Å². The van der Waals surface area contributed by atoms with E-state index in [2.05, 4.69) is 4.74 Å². The standard InChI is InChI=1S/C6H8F3NO/c7-6(8,9)11-5-1-4(10,2-5)3-5/h1-3,10H2. The third-order valence-corrected chi connectivity index (χ3v) is 2.35. The van der Waals surface area contributed by atoms with Crippen LogP contribution in [-0.4, -0.2) is 17.5 Å². The maximum absolute atomic E-state index is 11.7. The van der Waals surface area contributed by atoms with Gasteiger partial charge >= 0.3 is 6.36 Å². The minimum atomic E-state index is -4.50. The molecule has 0 unspecified atom stereocenters. The van der Waals surface area contributed by atoms with Gasteiger partial charge in [-0.3, -0.25) is 4.74 Å². The van der Waals surface area contributed by atoms with Crippen molar-refractivity contribution in [2.24, 2.45) is 5.73 Å². The quantitative estimate of drug-likeness (QED) is 0.635. The monoisotopic (exact) mass is 167 g/mol. The molecule has 2 nitrogen and oxygen atoms in total. The van der Waals surface area contributed by atoms with Crippen LogP contribution in [0.2, 0.25) is 0 Å².